The van der Waals surface area contributed by atoms with Crippen molar-refractivity contribution in [1.29, 1.82) is 0 Å². The molecule has 0 N–H and O–H groups in total. The van der Waals surface area contributed by atoms with E-state index in [1.54, 1.807) is 0 Å². The summed E-state index contributed by atoms with van der Waals surface area (Å²) < 4.78 is 13.0. The molecule has 0 amide bonds. The fourth-order valence-electron chi connectivity index (χ4n) is 1.92. The van der Waals surface area contributed by atoms with Crippen LogP contribution in [0, 0.1) is 5.82 Å². The molecule has 1 nitrogen and oxygen atoms in total. The molecular formula is C17H19ClFN. The largest absolute Gasteiger partial charge is 0.306 e. The maximum atomic E-state index is 13.0. The molecule has 2 aromatic rings. The van der Waals surface area contributed by atoms with E-state index in [-0.39, 0.29) is 18.2 Å². The molecule has 0 radical (unpaired) electrons. The van der Waals surface area contributed by atoms with E-state index in [1.165, 1.54) is 12.1 Å². The molecule has 0 heterocycles. The van der Waals surface area contributed by atoms with Gasteiger partial charge in [-0.3, -0.25) is 0 Å². The van der Waals surface area contributed by atoms with Crippen molar-refractivity contribution in [3.8, 4) is 0 Å². The Labute approximate surface area is 126 Å². The summed E-state index contributed by atoms with van der Waals surface area (Å²) in [6, 6.07) is 16.8. The summed E-state index contributed by atoms with van der Waals surface area (Å²) in [6.45, 7) is 0.849. The summed E-state index contributed by atoms with van der Waals surface area (Å²) in [5, 5.41) is 0. The summed E-state index contributed by atoms with van der Waals surface area (Å²) in [5.74, 6) is -0.205. The van der Waals surface area contributed by atoms with Crippen molar-refractivity contribution in [1.82, 2.24) is 4.90 Å². The van der Waals surface area contributed by atoms with Crippen molar-refractivity contribution in [2.45, 2.75) is 0 Å². The van der Waals surface area contributed by atoms with Crippen LogP contribution in [0.4, 0.5) is 4.39 Å². The normalized spacial score (nSPS) is 11.3. The maximum Gasteiger partial charge on any atom is 0.123 e. The molecule has 0 saturated heterocycles. The lowest BCUT2D eigenvalue weighted by Gasteiger charge is -2.11. The van der Waals surface area contributed by atoms with Crippen LogP contribution in [-0.2, 0) is 0 Å². The van der Waals surface area contributed by atoms with Crippen LogP contribution in [0.5, 0.6) is 0 Å². The van der Waals surface area contributed by atoms with Crippen LogP contribution in [-0.4, -0.2) is 25.5 Å². The number of halogens is 2. The summed E-state index contributed by atoms with van der Waals surface area (Å²) in [7, 11) is 4.06. The van der Waals surface area contributed by atoms with Crippen molar-refractivity contribution in [2.24, 2.45) is 0 Å². The SMILES string of the molecule is CN(C)C/C=C(\c1ccccc1)c1ccc(F)cc1.Cl. The van der Waals surface area contributed by atoms with Crippen molar-refractivity contribution < 1.29 is 4.39 Å². The second-order valence-electron chi connectivity index (χ2n) is 4.75. The van der Waals surface area contributed by atoms with Crippen LogP contribution in [0.2, 0.25) is 0 Å². The first-order valence-electron chi connectivity index (χ1n) is 6.33. The molecule has 0 aromatic heterocycles. The molecule has 106 valence electrons. The van der Waals surface area contributed by atoms with Gasteiger partial charge in [0, 0.05) is 6.54 Å². The smallest absolute Gasteiger partial charge is 0.123 e. The molecule has 0 aliphatic carbocycles. The van der Waals surface area contributed by atoms with Crippen molar-refractivity contribution in [2.75, 3.05) is 20.6 Å². The fraction of sp³-hybridized carbons (Fsp3) is 0.176. The minimum atomic E-state index is -0.205. The van der Waals surface area contributed by atoms with E-state index >= 15 is 0 Å². The molecule has 3 heteroatoms. The lowest BCUT2D eigenvalue weighted by molar-refractivity contribution is 0.457. The number of benzene rings is 2. The van der Waals surface area contributed by atoms with Crippen LogP contribution < -0.4 is 0 Å². The third-order valence-corrected chi connectivity index (χ3v) is 2.90. The predicted octanol–water partition coefficient (Wildman–Crippen LogP) is 4.24. The Bertz CT molecular complexity index is 547. The first-order valence-corrected chi connectivity index (χ1v) is 6.33. The molecule has 0 spiro atoms. The summed E-state index contributed by atoms with van der Waals surface area (Å²) in [5.41, 5.74) is 3.32. The van der Waals surface area contributed by atoms with E-state index in [0.29, 0.717) is 0 Å². The monoisotopic (exact) mass is 291 g/mol. The van der Waals surface area contributed by atoms with E-state index in [1.807, 2.05) is 44.4 Å². The van der Waals surface area contributed by atoms with Gasteiger partial charge in [0.15, 0.2) is 0 Å². The Balaban J connectivity index is 0.00000200. The van der Waals surface area contributed by atoms with Gasteiger partial charge in [0.2, 0.25) is 0 Å². The average Bonchev–Trinajstić information content (AvgIpc) is 2.42. The molecule has 20 heavy (non-hydrogen) atoms. The van der Waals surface area contributed by atoms with E-state index in [4.69, 9.17) is 0 Å². The minimum Gasteiger partial charge on any atom is -0.306 e. The predicted molar refractivity (Wildman–Crippen MR) is 85.7 cm³/mol. The van der Waals surface area contributed by atoms with Gasteiger partial charge in [0.1, 0.15) is 5.82 Å². The molecule has 0 bridgehead atoms. The van der Waals surface area contributed by atoms with Gasteiger partial charge >= 0.3 is 0 Å². The molecular weight excluding hydrogens is 273 g/mol. The third-order valence-electron chi connectivity index (χ3n) is 2.90. The molecule has 0 atom stereocenters. The standard InChI is InChI=1S/C17H18FN.ClH/c1-19(2)13-12-17(14-6-4-3-5-7-14)15-8-10-16(18)11-9-15;/h3-12H,13H2,1-2H3;1H/b17-12+;. The highest BCUT2D eigenvalue weighted by molar-refractivity contribution is 5.85. The highest BCUT2D eigenvalue weighted by atomic mass is 35.5. The van der Waals surface area contributed by atoms with Crippen LogP contribution in [0.15, 0.2) is 60.7 Å². The van der Waals surface area contributed by atoms with Crippen molar-refractivity contribution in [3.63, 3.8) is 0 Å². The van der Waals surface area contributed by atoms with E-state index in [0.717, 1.165) is 23.2 Å². The van der Waals surface area contributed by atoms with Crippen LogP contribution >= 0.6 is 12.4 Å². The minimum absolute atomic E-state index is 0. The van der Waals surface area contributed by atoms with Gasteiger partial charge in [-0.2, -0.15) is 0 Å². The van der Waals surface area contributed by atoms with E-state index < -0.39 is 0 Å². The lowest BCUT2D eigenvalue weighted by Crippen LogP contribution is -2.11. The van der Waals surface area contributed by atoms with Gasteiger partial charge in [0.25, 0.3) is 0 Å². The highest BCUT2D eigenvalue weighted by Gasteiger charge is 2.04. The fourth-order valence-corrected chi connectivity index (χ4v) is 1.92. The first kappa shape index (κ1) is 16.4. The average molecular weight is 292 g/mol. The first-order chi connectivity index (χ1) is 9.16. The zero-order valence-corrected chi connectivity index (χ0v) is 12.5. The lowest BCUT2D eigenvalue weighted by atomic mass is 9.97. The van der Waals surface area contributed by atoms with Crippen LogP contribution in [0.3, 0.4) is 0 Å². The van der Waals surface area contributed by atoms with E-state index in [9.17, 15) is 4.39 Å². The second kappa shape index (κ2) is 7.83. The van der Waals surface area contributed by atoms with Gasteiger partial charge in [-0.25, -0.2) is 4.39 Å². The topological polar surface area (TPSA) is 3.24 Å². The van der Waals surface area contributed by atoms with Crippen molar-refractivity contribution >= 4 is 18.0 Å². The van der Waals surface area contributed by atoms with Gasteiger partial charge < -0.3 is 4.90 Å². The number of likely N-dealkylation sites (N-methyl/N-ethyl adjacent to an activating group) is 1. The Morgan fingerprint density at radius 2 is 1.50 bits per heavy atom. The number of rotatable bonds is 4. The molecule has 0 aliphatic rings. The van der Waals surface area contributed by atoms with Gasteiger partial charge in [0.05, 0.1) is 0 Å². The molecule has 0 fully saturated rings. The third kappa shape index (κ3) is 4.48. The van der Waals surface area contributed by atoms with E-state index in [2.05, 4.69) is 23.1 Å². The Morgan fingerprint density at radius 3 is 2.05 bits per heavy atom. The van der Waals surface area contributed by atoms with Crippen molar-refractivity contribution in [3.05, 3.63) is 77.6 Å². The molecule has 2 aromatic carbocycles. The highest BCUT2D eigenvalue weighted by Crippen LogP contribution is 2.23. The zero-order valence-electron chi connectivity index (χ0n) is 11.7. The molecule has 0 unspecified atom stereocenters. The molecule has 2 rings (SSSR count). The maximum absolute atomic E-state index is 13.0. The van der Waals surface area contributed by atoms with Crippen LogP contribution in [0.25, 0.3) is 5.57 Å². The van der Waals surface area contributed by atoms with Gasteiger partial charge in [-0.1, -0.05) is 48.5 Å². The number of nitrogens with zero attached hydrogens (tertiary/aromatic N) is 1. The Hall–Kier alpha value is -1.64. The van der Waals surface area contributed by atoms with Crippen LogP contribution in [0.1, 0.15) is 11.1 Å². The Kier molecular flexibility index (Phi) is 6.43. The Morgan fingerprint density at radius 1 is 0.950 bits per heavy atom. The number of hydrogen-bond donors (Lipinski definition) is 0. The van der Waals surface area contributed by atoms with Gasteiger partial charge in [-0.15, -0.1) is 12.4 Å². The van der Waals surface area contributed by atoms with Gasteiger partial charge in [-0.05, 0) is 42.9 Å². The molecule has 0 saturated carbocycles. The number of hydrogen-bond acceptors (Lipinski definition) is 1. The summed E-state index contributed by atoms with van der Waals surface area (Å²) in [4.78, 5) is 2.10. The summed E-state index contributed by atoms with van der Waals surface area (Å²) in [6.07, 6.45) is 2.17. The summed E-state index contributed by atoms with van der Waals surface area (Å²) >= 11 is 0. The zero-order chi connectivity index (χ0) is 13.7. The second-order valence-corrected chi connectivity index (χ2v) is 4.75. The molecule has 0 aliphatic heterocycles. The quantitative estimate of drug-likeness (QED) is 0.814.